The van der Waals surface area contributed by atoms with E-state index in [-0.39, 0.29) is 11.8 Å². The summed E-state index contributed by atoms with van der Waals surface area (Å²) in [6.45, 7) is 3.84. The summed E-state index contributed by atoms with van der Waals surface area (Å²) in [5.41, 5.74) is 5.62. The first-order chi connectivity index (χ1) is 7.63. The van der Waals surface area contributed by atoms with Crippen LogP contribution < -0.4 is 5.73 Å². The van der Waals surface area contributed by atoms with Crippen molar-refractivity contribution in [1.29, 1.82) is 0 Å². The van der Waals surface area contributed by atoms with Gasteiger partial charge in [-0.15, -0.1) is 0 Å². The molecule has 3 unspecified atom stereocenters. The van der Waals surface area contributed by atoms with Crippen molar-refractivity contribution in [2.45, 2.75) is 32.6 Å². The molecule has 1 saturated carbocycles. The number of rotatable bonds is 3. The smallest absolute Gasteiger partial charge is 0.232 e. The summed E-state index contributed by atoms with van der Waals surface area (Å²) in [4.78, 5) is 14.5. The number of nitrogens with zero attached hydrogens (tertiary/aromatic N) is 1. The molecule has 3 nitrogen and oxygen atoms in total. The zero-order chi connectivity index (χ0) is 11.7. The van der Waals surface area contributed by atoms with Gasteiger partial charge in [0.1, 0.15) is 0 Å². The maximum Gasteiger partial charge on any atom is 0.232 e. The molecule has 1 aliphatic carbocycles. The van der Waals surface area contributed by atoms with Crippen LogP contribution in [0, 0.1) is 17.8 Å². The van der Waals surface area contributed by atoms with Crippen molar-refractivity contribution in [1.82, 2.24) is 4.90 Å². The van der Waals surface area contributed by atoms with Gasteiger partial charge in [0.15, 0.2) is 0 Å². The third-order valence-electron chi connectivity index (χ3n) is 4.09. The third-order valence-corrected chi connectivity index (χ3v) is 4.37. The van der Waals surface area contributed by atoms with Crippen molar-refractivity contribution in [3.8, 4) is 0 Å². The molecule has 0 spiro atoms. The first-order valence-corrected chi connectivity index (χ1v) is 6.62. The number of likely N-dealkylation sites (tertiary alicyclic amines) is 1. The lowest BCUT2D eigenvalue weighted by atomic mass is 10.0. The molecule has 1 heterocycles. The third kappa shape index (κ3) is 2.08. The normalized spacial score (nSPS) is 30.2. The van der Waals surface area contributed by atoms with E-state index in [4.69, 9.17) is 18.0 Å². The number of amides is 1. The predicted molar refractivity (Wildman–Crippen MR) is 68.0 cm³/mol. The standard InChI is InChI=1S/C12H20N2OS/c1-2-10(11(13)16)12(15)14-6-8-4-3-5-9(8)7-14/h8-10H,2-7H2,1H3,(H2,13,16). The Bertz CT molecular complexity index is 293. The number of hydrogen-bond donors (Lipinski definition) is 1. The minimum absolute atomic E-state index is 0.157. The molecule has 2 rings (SSSR count). The van der Waals surface area contributed by atoms with Crippen LogP contribution in [0.25, 0.3) is 0 Å². The van der Waals surface area contributed by atoms with E-state index in [2.05, 4.69) is 0 Å². The molecule has 3 atom stereocenters. The van der Waals surface area contributed by atoms with Crippen molar-refractivity contribution in [2.75, 3.05) is 13.1 Å². The van der Waals surface area contributed by atoms with Gasteiger partial charge in [-0.1, -0.05) is 25.6 Å². The maximum absolute atomic E-state index is 12.2. The second kappa shape index (κ2) is 4.70. The highest BCUT2D eigenvalue weighted by molar-refractivity contribution is 7.80. The summed E-state index contributed by atoms with van der Waals surface area (Å²) in [7, 11) is 0. The summed E-state index contributed by atoms with van der Waals surface area (Å²) in [5.74, 6) is 1.40. The van der Waals surface area contributed by atoms with Crippen LogP contribution in [0.15, 0.2) is 0 Å². The highest BCUT2D eigenvalue weighted by Gasteiger charge is 2.39. The topological polar surface area (TPSA) is 46.3 Å². The van der Waals surface area contributed by atoms with Gasteiger partial charge in [-0.25, -0.2) is 0 Å². The Balaban J connectivity index is 1.98. The van der Waals surface area contributed by atoms with Gasteiger partial charge in [-0.05, 0) is 31.1 Å². The summed E-state index contributed by atoms with van der Waals surface area (Å²) in [6.07, 6.45) is 4.64. The average Bonchev–Trinajstić information content (AvgIpc) is 2.76. The minimum Gasteiger partial charge on any atom is -0.393 e. The molecule has 0 aromatic heterocycles. The van der Waals surface area contributed by atoms with Crippen LogP contribution in [0.3, 0.4) is 0 Å². The van der Waals surface area contributed by atoms with Crippen LogP contribution in [0.2, 0.25) is 0 Å². The Kier molecular flexibility index (Phi) is 3.47. The first kappa shape index (κ1) is 11.8. The van der Waals surface area contributed by atoms with Crippen LogP contribution in [0.5, 0.6) is 0 Å². The van der Waals surface area contributed by atoms with Crippen LogP contribution in [-0.4, -0.2) is 28.9 Å². The van der Waals surface area contributed by atoms with Crippen molar-refractivity contribution in [3.05, 3.63) is 0 Å². The lowest BCUT2D eigenvalue weighted by molar-refractivity contribution is -0.132. The van der Waals surface area contributed by atoms with Crippen LogP contribution >= 0.6 is 12.2 Å². The summed E-state index contributed by atoms with van der Waals surface area (Å²) in [6, 6.07) is 0. The fourth-order valence-electron chi connectivity index (χ4n) is 3.13. The number of fused-ring (bicyclic) bond motifs is 1. The number of carbonyl (C=O) groups is 1. The Morgan fingerprint density at radius 1 is 1.44 bits per heavy atom. The second-order valence-electron chi connectivity index (χ2n) is 5.06. The zero-order valence-electron chi connectivity index (χ0n) is 9.82. The monoisotopic (exact) mass is 240 g/mol. The van der Waals surface area contributed by atoms with Gasteiger partial charge in [-0.3, -0.25) is 4.79 Å². The number of hydrogen-bond acceptors (Lipinski definition) is 2. The van der Waals surface area contributed by atoms with Gasteiger partial charge in [0.25, 0.3) is 0 Å². The summed E-state index contributed by atoms with van der Waals surface area (Å²) >= 11 is 4.96. The van der Waals surface area contributed by atoms with E-state index in [0.717, 1.165) is 31.3 Å². The Hall–Kier alpha value is -0.640. The van der Waals surface area contributed by atoms with Crippen LogP contribution in [-0.2, 0) is 4.79 Å². The Morgan fingerprint density at radius 2 is 2.00 bits per heavy atom. The van der Waals surface area contributed by atoms with Gasteiger partial charge in [0.2, 0.25) is 5.91 Å². The Labute approximate surface area is 102 Å². The van der Waals surface area contributed by atoms with Crippen molar-refractivity contribution < 1.29 is 4.79 Å². The Morgan fingerprint density at radius 3 is 2.44 bits per heavy atom. The molecule has 1 aliphatic heterocycles. The molecule has 0 bridgehead atoms. The van der Waals surface area contributed by atoms with Gasteiger partial charge in [-0.2, -0.15) is 0 Å². The van der Waals surface area contributed by atoms with E-state index in [9.17, 15) is 4.79 Å². The highest BCUT2D eigenvalue weighted by atomic mass is 32.1. The maximum atomic E-state index is 12.2. The van der Waals surface area contributed by atoms with Gasteiger partial charge in [0.05, 0.1) is 10.9 Å². The quantitative estimate of drug-likeness (QED) is 0.761. The molecular weight excluding hydrogens is 220 g/mol. The first-order valence-electron chi connectivity index (χ1n) is 6.21. The van der Waals surface area contributed by atoms with E-state index in [1.54, 1.807) is 0 Å². The lowest BCUT2D eigenvalue weighted by Crippen LogP contribution is -2.40. The van der Waals surface area contributed by atoms with Gasteiger partial charge in [0, 0.05) is 13.1 Å². The molecule has 0 radical (unpaired) electrons. The van der Waals surface area contributed by atoms with E-state index < -0.39 is 0 Å². The van der Waals surface area contributed by atoms with E-state index >= 15 is 0 Å². The van der Waals surface area contributed by atoms with Crippen molar-refractivity contribution >= 4 is 23.1 Å². The molecule has 2 fully saturated rings. The molecule has 1 amide bonds. The molecule has 0 aromatic rings. The van der Waals surface area contributed by atoms with Gasteiger partial charge >= 0.3 is 0 Å². The zero-order valence-corrected chi connectivity index (χ0v) is 10.6. The largest absolute Gasteiger partial charge is 0.393 e. The lowest BCUT2D eigenvalue weighted by Gasteiger charge is -2.22. The minimum atomic E-state index is -0.242. The highest BCUT2D eigenvalue weighted by Crippen LogP contribution is 2.38. The van der Waals surface area contributed by atoms with E-state index in [0.29, 0.717) is 4.99 Å². The number of carbonyl (C=O) groups excluding carboxylic acids is 1. The van der Waals surface area contributed by atoms with Gasteiger partial charge < -0.3 is 10.6 Å². The predicted octanol–water partition coefficient (Wildman–Crippen LogP) is 1.56. The van der Waals surface area contributed by atoms with E-state index in [1.165, 1.54) is 19.3 Å². The summed E-state index contributed by atoms with van der Waals surface area (Å²) in [5, 5.41) is 0. The molecular formula is C12H20N2OS. The summed E-state index contributed by atoms with van der Waals surface area (Å²) < 4.78 is 0. The fraction of sp³-hybridized carbons (Fsp3) is 0.833. The molecule has 1 saturated heterocycles. The molecule has 90 valence electrons. The molecule has 0 aromatic carbocycles. The molecule has 2 N–H and O–H groups in total. The second-order valence-corrected chi connectivity index (χ2v) is 5.53. The molecule has 4 heteroatoms. The SMILES string of the molecule is CCC(C(=O)N1CC2CCCC2C1)C(N)=S. The van der Waals surface area contributed by atoms with E-state index in [1.807, 2.05) is 11.8 Å². The number of thiocarbonyl (C=S) groups is 1. The van der Waals surface area contributed by atoms with Crippen molar-refractivity contribution in [3.63, 3.8) is 0 Å². The average molecular weight is 240 g/mol. The van der Waals surface area contributed by atoms with Crippen LogP contribution in [0.1, 0.15) is 32.6 Å². The molecule has 2 aliphatic rings. The van der Waals surface area contributed by atoms with Crippen molar-refractivity contribution in [2.24, 2.45) is 23.5 Å². The fourth-order valence-corrected chi connectivity index (χ4v) is 3.40. The number of nitrogens with two attached hydrogens (primary N) is 1. The van der Waals surface area contributed by atoms with Crippen LogP contribution in [0.4, 0.5) is 0 Å². The molecule has 16 heavy (non-hydrogen) atoms.